The highest BCUT2D eigenvalue weighted by Gasteiger charge is 2.61. The van der Waals surface area contributed by atoms with E-state index in [0.29, 0.717) is 35.9 Å². The maximum absolute atomic E-state index is 13.4. The molecule has 166 valence electrons. The first-order valence-electron chi connectivity index (χ1n) is 12.1. The van der Waals surface area contributed by atoms with Gasteiger partial charge in [0.15, 0.2) is 5.78 Å². The first-order valence-corrected chi connectivity index (χ1v) is 12.1. The highest BCUT2D eigenvalue weighted by Crippen LogP contribution is 2.66. The number of rotatable bonds is 2. The largest absolute Gasteiger partial charge is 0.393 e. The third-order valence-corrected chi connectivity index (χ3v) is 9.50. The zero-order valence-electron chi connectivity index (χ0n) is 19.5. The predicted molar refractivity (Wildman–Crippen MR) is 119 cm³/mol. The van der Waals surface area contributed by atoms with Crippen LogP contribution in [0, 0.1) is 52.3 Å². The minimum atomic E-state index is -0.929. The van der Waals surface area contributed by atoms with Gasteiger partial charge in [-0.2, -0.15) is 0 Å². The number of ketones is 1. The number of carbonyl (C=O) groups is 1. The molecule has 0 amide bonds. The smallest absolute Gasteiger partial charge is 0.159 e. The number of aliphatic hydroxyl groups is 2. The Kier molecular flexibility index (Phi) is 5.52. The fourth-order valence-electron chi connectivity index (χ4n) is 7.93. The predicted octanol–water partition coefficient (Wildman–Crippen LogP) is 4.91. The second-order valence-corrected chi connectivity index (χ2v) is 11.9. The average Bonchev–Trinajstić information content (AvgIpc) is 2.99. The van der Waals surface area contributed by atoms with Gasteiger partial charge < -0.3 is 10.2 Å². The molecule has 4 aliphatic rings. The second-order valence-electron chi connectivity index (χ2n) is 11.9. The van der Waals surface area contributed by atoms with E-state index in [-0.39, 0.29) is 22.9 Å². The summed E-state index contributed by atoms with van der Waals surface area (Å²) >= 11 is 0. The van der Waals surface area contributed by atoms with Gasteiger partial charge in [-0.25, -0.2) is 0 Å². The maximum Gasteiger partial charge on any atom is 0.159 e. The molecule has 4 rings (SSSR count). The quantitative estimate of drug-likeness (QED) is 0.634. The van der Waals surface area contributed by atoms with Gasteiger partial charge in [-0.15, -0.1) is 5.92 Å². The van der Waals surface area contributed by atoms with Crippen molar-refractivity contribution in [2.24, 2.45) is 40.4 Å². The van der Waals surface area contributed by atoms with Gasteiger partial charge in [0.2, 0.25) is 0 Å². The van der Waals surface area contributed by atoms with E-state index in [4.69, 9.17) is 0 Å². The summed E-state index contributed by atoms with van der Waals surface area (Å²) < 4.78 is 0. The summed E-state index contributed by atoms with van der Waals surface area (Å²) in [6, 6.07) is 0. The van der Waals surface area contributed by atoms with Gasteiger partial charge in [0.1, 0.15) is 5.60 Å². The molecule has 0 aromatic heterocycles. The Morgan fingerprint density at radius 2 is 1.90 bits per heavy atom. The molecule has 3 heteroatoms. The molecule has 3 saturated carbocycles. The Balaban J connectivity index is 1.57. The van der Waals surface area contributed by atoms with E-state index in [1.54, 1.807) is 13.8 Å². The number of hydrogen-bond acceptors (Lipinski definition) is 3. The first kappa shape index (κ1) is 22.1. The van der Waals surface area contributed by atoms with Crippen molar-refractivity contribution in [3.63, 3.8) is 0 Å². The highest BCUT2D eigenvalue weighted by atomic mass is 16.3. The van der Waals surface area contributed by atoms with E-state index in [2.05, 4.69) is 32.6 Å². The van der Waals surface area contributed by atoms with Crippen LogP contribution in [0.15, 0.2) is 11.6 Å². The minimum absolute atomic E-state index is 0.0982. The van der Waals surface area contributed by atoms with E-state index in [9.17, 15) is 15.0 Å². The van der Waals surface area contributed by atoms with Crippen molar-refractivity contribution < 1.29 is 15.0 Å². The van der Waals surface area contributed by atoms with Gasteiger partial charge in [-0.05, 0) is 99.4 Å². The molecule has 0 radical (unpaired) electrons. The Morgan fingerprint density at radius 3 is 2.60 bits per heavy atom. The molecule has 4 aliphatic carbocycles. The van der Waals surface area contributed by atoms with Gasteiger partial charge in [0, 0.05) is 12.3 Å². The molecule has 2 N–H and O–H groups in total. The number of aliphatic hydroxyl groups excluding tert-OH is 1. The number of fused-ring (bicyclic) bond motifs is 5. The lowest BCUT2D eigenvalue weighted by molar-refractivity contribution is -0.135. The van der Waals surface area contributed by atoms with Crippen molar-refractivity contribution in [2.75, 3.05) is 0 Å². The van der Waals surface area contributed by atoms with Crippen LogP contribution in [0.2, 0.25) is 0 Å². The molecule has 0 saturated heterocycles. The van der Waals surface area contributed by atoms with Crippen LogP contribution in [0.4, 0.5) is 0 Å². The van der Waals surface area contributed by atoms with Crippen LogP contribution in [-0.2, 0) is 4.79 Å². The van der Waals surface area contributed by atoms with Gasteiger partial charge in [0.25, 0.3) is 0 Å². The van der Waals surface area contributed by atoms with E-state index < -0.39 is 5.60 Å². The van der Waals surface area contributed by atoms with Crippen molar-refractivity contribution in [3.8, 4) is 11.8 Å². The third-order valence-electron chi connectivity index (χ3n) is 9.50. The zero-order valence-corrected chi connectivity index (χ0v) is 19.5. The number of hydrogen-bond donors (Lipinski definition) is 2. The molecule has 8 atom stereocenters. The topological polar surface area (TPSA) is 57.5 Å². The monoisotopic (exact) mass is 412 g/mol. The molecule has 1 unspecified atom stereocenters. The summed E-state index contributed by atoms with van der Waals surface area (Å²) in [4.78, 5) is 13.4. The Labute approximate surface area is 182 Å². The van der Waals surface area contributed by atoms with Crippen LogP contribution in [0.25, 0.3) is 0 Å². The zero-order chi connectivity index (χ0) is 21.9. The lowest BCUT2D eigenvalue weighted by atomic mass is 9.46. The minimum Gasteiger partial charge on any atom is -0.393 e. The highest BCUT2D eigenvalue weighted by molar-refractivity contribution is 5.94. The molecule has 30 heavy (non-hydrogen) atoms. The number of carbonyl (C=O) groups excluding carboxylic acids is 1. The van der Waals surface area contributed by atoms with E-state index >= 15 is 0 Å². The number of allylic oxidation sites excluding steroid dienone is 1. The molecule has 0 bridgehead atoms. The van der Waals surface area contributed by atoms with Crippen LogP contribution >= 0.6 is 0 Å². The molecular weight excluding hydrogens is 372 g/mol. The lowest BCUT2D eigenvalue weighted by Gasteiger charge is -2.57. The second kappa shape index (κ2) is 7.49. The van der Waals surface area contributed by atoms with Crippen molar-refractivity contribution in [2.45, 2.75) is 97.7 Å². The van der Waals surface area contributed by atoms with Crippen LogP contribution in [0.5, 0.6) is 0 Å². The van der Waals surface area contributed by atoms with Crippen LogP contribution in [0.1, 0.15) is 86.0 Å². The van der Waals surface area contributed by atoms with Crippen LogP contribution in [0.3, 0.4) is 0 Å². The first-order chi connectivity index (χ1) is 14.0. The SMILES string of the molecule is CC(CC#CC(C)(C)O)[C@H]1CC[C@H]2[C@@H]3C(=O)C=C4C[C@@H](O)CC[C@]4(C)[C@H]3CC[C@]12C. The third kappa shape index (κ3) is 3.59. The fourth-order valence-corrected chi connectivity index (χ4v) is 7.93. The molecule has 0 aromatic rings. The van der Waals surface area contributed by atoms with Gasteiger partial charge in [-0.3, -0.25) is 4.79 Å². The van der Waals surface area contributed by atoms with E-state index in [1.165, 1.54) is 18.4 Å². The molecule has 0 aromatic carbocycles. The summed E-state index contributed by atoms with van der Waals surface area (Å²) in [7, 11) is 0. The molecule has 0 aliphatic heterocycles. The molecular formula is C27H40O3. The standard InChI is InChI=1S/C27H40O3/c1-17(7-6-12-25(2,3)30)20-8-9-21-24-22(11-14-27(20,21)5)26(4)13-10-19(28)15-18(26)16-23(24)29/h16-17,19-22,24,28,30H,7-11,13-15H2,1-5H3/t17?,19-,20+,21-,22-,24-,26-,27+/m0/s1. The van der Waals surface area contributed by atoms with Crippen molar-refractivity contribution >= 4 is 5.78 Å². The summed E-state index contributed by atoms with van der Waals surface area (Å²) in [5.74, 6) is 8.70. The van der Waals surface area contributed by atoms with Gasteiger partial charge in [0.05, 0.1) is 6.10 Å². The maximum atomic E-state index is 13.4. The van der Waals surface area contributed by atoms with Gasteiger partial charge in [-0.1, -0.05) is 32.3 Å². The van der Waals surface area contributed by atoms with Crippen molar-refractivity contribution in [1.82, 2.24) is 0 Å². The Morgan fingerprint density at radius 1 is 1.17 bits per heavy atom. The fraction of sp³-hybridized carbons (Fsp3) is 0.815. The molecule has 3 nitrogen and oxygen atoms in total. The molecule has 0 spiro atoms. The van der Waals surface area contributed by atoms with Crippen LogP contribution in [-0.4, -0.2) is 27.7 Å². The lowest BCUT2D eigenvalue weighted by Crippen LogP contribution is -2.53. The normalized spacial score (nSPS) is 44.2. The summed E-state index contributed by atoms with van der Waals surface area (Å²) in [5, 5.41) is 20.1. The molecule has 0 heterocycles. The molecule has 3 fully saturated rings. The Bertz CT molecular complexity index is 793. The average molecular weight is 413 g/mol. The van der Waals surface area contributed by atoms with E-state index in [1.807, 2.05) is 6.08 Å². The summed E-state index contributed by atoms with van der Waals surface area (Å²) in [6.07, 6.45) is 9.74. The summed E-state index contributed by atoms with van der Waals surface area (Å²) in [6.45, 7) is 10.6. The van der Waals surface area contributed by atoms with Gasteiger partial charge >= 0.3 is 0 Å². The Hall–Kier alpha value is -1.11. The van der Waals surface area contributed by atoms with Crippen LogP contribution < -0.4 is 0 Å². The van der Waals surface area contributed by atoms with Crippen molar-refractivity contribution in [1.29, 1.82) is 0 Å². The van der Waals surface area contributed by atoms with Crippen molar-refractivity contribution in [3.05, 3.63) is 11.6 Å². The van der Waals surface area contributed by atoms with E-state index in [0.717, 1.165) is 32.1 Å². The summed E-state index contributed by atoms with van der Waals surface area (Å²) in [5.41, 5.74) is 0.603.